The Labute approximate surface area is 120 Å². The van der Waals surface area contributed by atoms with E-state index in [9.17, 15) is 9.90 Å². The topological polar surface area (TPSA) is 59.4 Å². The zero-order chi connectivity index (χ0) is 15.5. The molecule has 4 heteroatoms. The molecule has 1 aliphatic heterocycles. The third kappa shape index (κ3) is 2.22. The number of rotatable bonds is 1. The molecule has 110 valence electrons. The summed E-state index contributed by atoms with van der Waals surface area (Å²) >= 11 is 0. The molecule has 0 spiro atoms. The van der Waals surface area contributed by atoms with E-state index in [1.807, 2.05) is 48.5 Å². The molecule has 0 radical (unpaired) electrons. The molecule has 0 unspecified atom stereocenters. The molecule has 1 aliphatic rings. The molecule has 0 amide bonds. The number of pyridine rings is 1. The Morgan fingerprint density at radius 2 is 1.75 bits per heavy atom. The van der Waals surface area contributed by atoms with Crippen LogP contribution in [0.25, 0.3) is 0 Å². The van der Waals surface area contributed by atoms with Gasteiger partial charge in [-0.15, -0.1) is 0 Å². The Kier molecular flexibility index (Phi) is 3.03. The van der Waals surface area contributed by atoms with Crippen LogP contribution in [0.5, 0.6) is 0 Å². The van der Waals surface area contributed by atoms with Crippen molar-refractivity contribution < 1.29 is 14.6 Å². The first-order valence-corrected chi connectivity index (χ1v) is 6.86. The van der Waals surface area contributed by atoms with E-state index in [0.29, 0.717) is 5.69 Å². The van der Waals surface area contributed by atoms with Crippen molar-refractivity contribution >= 4 is 5.97 Å². The SMILES string of the molecule is CC(C)(C)c1nc2c(cc1C(=O)O)C(C)(C)OC2(C)C. The number of aromatic carboxylic acids is 1. The summed E-state index contributed by atoms with van der Waals surface area (Å²) in [5.74, 6) is -0.939. The zero-order valence-electron chi connectivity index (χ0n) is 13.3. The highest BCUT2D eigenvalue weighted by molar-refractivity contribution is 5.89. The van der Waals surface area contributed by atoms with Gasteiger partial charge in [-0.2, -0.15) is 0 Å². The highest BCUT2D eigenvalue weighted by atomic mass is 16.5. The summed E-state index contributed by atoms with van der Waals surface area (Å²) in [6.07, 6.45) is 0. The predicted molar refractivity (Wildman–Crippen MR) is 77.0 cm³/mol. The predicted octanol–water partition coefficient (Wildman–Crippen LogP) is 3.58. The van der Waals surface area contributed by atoms with Crippen LogP contribution in [-0.2, 0) is 21.4 Å². The van der Waals surface area contributed by atoms with Crippen LogP contribution in [0.4, 0.5) is 0 Å². The fourth-order valence-corrected chi connectivity index (χ4v) is 2.91. The van der Waals surface area contributed by atoms with Crippen LogP contribution in [0.2, 0.25) is 0 Å². The van der Waals surface area contributed by atoms with Crippen LogP contribution < -0.4 is 0 Å². The number of carboxylic acids is 1. The molecule has 1 N–H and O–H groups in total. The third-order valence-corrected chi connectivity index (χ3v) is 3.69. The van der Waals surface area contributed by atoms with E-state index >= 15 is 0 Å². The molecule has 0 fully saturated rings. The zero-order valence-corrected chi connectivity index (χ0v) is 13.3. The second-order valence-electron chi connectivity index (χ2n) is 7.46. The largest absolute Gasteiger partial charge is 0.478 e. The molecule has 4 nitrogen and oxygen atoms in total. The van der Waals surface area contributed by atoms with Crippen molar-refractivity contribution in [2.24, 2.45) is 0 Å². The molecule has 1 aromatic rings. The molecular weight excluding hydrogens is 254 g/mol. The van der Waals surface area contributed by atoms with Gasteiger partial charge in [-0.05, 0) is 33.8 Å². The van der Waals surface area contributed by atoms with E-state index < -0.39 is 17.2 Å². The highest BCUT2D eigenvalue weighted by Crippen LogP contribution is 2.46. The summed E-state index contributed by atoms with van der Waals surface area (Å²) in [6, 6.07) is 1.74. The van der Waals surface area contributed by atoms with Crippen molar-refractivity contribution in [3.63, 3.8) is 0 Å². The Bertz CT molecular complexity index is 580. The second kappa shape index (κ2) is 4.04. The summed E-state index contributed by atoms with van der Waals surface area (Å²) < 4.78 is 6.05. The Hall–Kier alpha value is -1.42. The van der Waals surface area contributed by atoms with Crippen molar-refractivity contribution in [3.8, 4) is 0 Å². The molecule has 0 aromatic carbocycles. The van der Waals surface area contributed by atoms with Gasteiger partial charge in [0, 0.05) is 11.0 Å². The minimum absolute atomic E-state index is 0.269. The first-order chi connectivity index (χ1) is 8.86. The summed E-state index contributed by atoms with van der Waals surface area (Å²) in [5, 5.41) is 9.48. The third-order valence-electron chi connectivity index (χ3n) is 3.69. The molecule has 0 saturated heterocycles. The van der Waals surface area contributed by atoms with E-state index in [0.717, 1.165) is 11.3 Å². The quantitative estimate of drug-likeness (QED) is 0.852. The van der Waals surface area contributed by atoms with Gasteiger partial charge in [0.2, 0.25) is 0 Å². The second-order valence-corrected chi connectivity index (χ2v) is 7.46. The lowest BCUT2D eigenvalue weighted by atomic mass is 9.85. The molecule has 0 saturated carbocycles. The number of nitrogens with zero attached hydrogens (tertiary/aromatic N) is 1. The number of carbonyl (C=O) groups is 1. The summed E-state index contributed by atoms with van der Waals surface area (Å²) in [4.78, 5) is 16.2. The maximum Gasteiger partial charge on any atom is 0.337 e. The minimum atomic E-state index is -0.939. The van der Waals surface area contributed by atoms with E-state index in [-0.39, 0.29) is 11.0 Å². The number of ether oxygens (including phenoxy) is 1. The average molecular weight is 277 g/mol. The monoisotopic (exact) mass is 277 g/mol. The van der Waals surface area contributed by atoms with Crippen molar-refractivity contribution in [1.82, 2.24) is 4.98 Å². The molecule has 0 bridgehead atoms. The van der Waals surface area contributed by atoms with Gasteiger partial charge < -0.3 is 9.84 Å². The van der Waals surface area contributed by atoms with Gasteiger partial charge in [-0.1, -0.05) is 20.8 Å². The van der Waals surface area contributed by atoms with Crippen molar-refractivity contribution in [2.45, 2.75) is 65.1 Å². The van der Waals surface area contributed by atoms with Crippen LogP contribution in [0.3, 0.4) is 0 Å². The van der Waals surface area contributed by atoms with E-state index in [4.69, 9.17) is 4.74 Å². The molecule has 20 heavy (non-hydrogen) atoms. The number of fused-ring (bicyclic) bond motifs is 1. The first-order valence-electron chi connectivity index (χ1n) is 6.86. The number of aromatic nitrogens is 1. The maximum atomic E-state index is 11.6. The number of carboxylic acid groups (broad SMARTS) is 1. The van der Waals surface area contributed by atoms with E-state index in [2.05, 4.69) is 4.98 Å². The van der Waals surface area contributed by atoms with Crippen LogP contribution >= 0.6 is 0 Å². The van der Waals surface area contributed by atoms with Gasteiger partial charge in [-0.25, -0.2) is 4.79 Å². The van der Waals surface area contributed by atoms with Crippen LogP contribution in [0.15, 0.2) is 6.07 Å². The van der Waals surface area contributed by atoms with Crippen molar-refractivity contribution in [3.05, 3.63) is 28.6 Å². The first kappa shape index (κ1) is 15.0. The van der Waals surface area contributed by atoms with Gasteiger partial charge in [0.25, 0.3) is 0 Å². The lowest BCUT2D eigenvalue weighted by Gasteiger charge is -2.24. The van der Waals surface area contributed by atoms with Crippen LogP contribution in [-0.4, -0.2) is 16.1 Å². The number of hydrogen-bond acceptors (Lipinski definition) is 3. The van der Waals surface area contributed by atoms with Crippen molar-refractivity contribution in [1.29, 1.82) is 0 Å². The van der Waals surface area contributed by atoms with Crippen molar-refractivity contribution in [2.75, 3.05) is 0 Å². The Morgan fingerprint density at radius 3 is 2.20 bits per heavy atom. The van der Waals surface area contributed by atoms with Gasteiger partial charge >= 0.3 is 5.97 Å². The van der Waals surface area contributed by atoms with Gasteiger partial charge in [0.1, 0.15) is 5.60 Å². The fraction of sp³-hybridized carbons (Fsp3) is 0.625. The fourth-order valence-electron chi connectivity index (χ4n) is 2.91. The summed E-state index contributed by atoms with van der Waals surface area (Å²) in [5.41, 5.74) is 1.24. The minimum Gasteiger partial charge on any atom is -0.478 e. The van der Waals surface area contributed by atoms with E-state index in [1.165, 1.54) is 0 Å². The van der Waals surface area contributed by atoms with Gasteiger partial charge in [0.05, 0.1) is 22.6 Å². The maximum absolute atomic E-state index is 11.6. The van der Waals surface area contributed by atoms with Gasteiger partial charge in [0.15, 0.2) is 0 Å². The highest BCUT2D eigenvalue weighted by Gasteiger charge is 2.46. The smallest absolute Gasteiger partial charge is 0.337 e. The molecule has 0 aliphatic carbocycles. The lowest BCUT2D eigenvalue weighted by Crippen LogP contribution is -2.24. The Balaban J connectivity index is 2.80. The molecule has 2 rings (SSSR count). The summed E-state index contributed by atoms with van der Waals surface area (Å²) in [7, 11) is 0. The van der Waals surface area contributed by atoms with Crippen LogP contribution in [0.1, 0.15) is 75.8 Å². The van der Waals surface area contributed by atoms with E-state index in [1.54, 1.807) is 6.07 Å². The standard InChI is InChI=1S/C16H23NO3/c1-14(2,3)11-9(13(18)19)8-10-12(17-11)16(6,7)20-15(10,4)5/h8H,1-7H3,(H,18,19). The Morgan fingerprint density at radius 1 is 1.20 bits per heavy atom. The van der Waals surface area contributed by atoms with Crippen LogP contribution in [0, 0.1) is 0 Å². The lowest BCUT2D eigenvalue weighted by molar-refractivity contribution is -0.106. The molecule has 1 aromatic heterocycles. The summed E-state index contributed by atoms with van der Waals surface area (Å²) in [6.45, 7) is 13.8. The molecular formula is C16H23NO3. The molecule has 0 atom stereocenters. The molecule has 2 heterocycles. The number of hydrogen-bond donors (Lipinski definition) is 1. The average Bonchev–Trinajstić information content (AvgIpc) is 2.41. The van der Waals surface area contributed by atoms with Gasteiger partial charge in [-0.3, -0.25) is 4.98 Å². The normalized spacial score (nSPS) is 19.8.